The third kappa shape index (κ3) is 7.24. The van der Waals surface area contributed by atoms with Crippen molar-refractivity contribution in [1.29, 1.82) is 0 Å². The van der Waals surface area contributed by atoms with Crippen LogP contribution in [0.2, 0.25) is 0 Å². The fourth-order valence-corrected chi connectivity index (χ4v) is 11.3. The minimum atomic E-state index is -1.24. The fraction of sp³-hybridized carbons (Fsp3) is 0.480. The summed E-state index contributed by atoms with van der Waals surface area (Å²) in [5, 5.41) is 26.4. The largest absolute Gasteiger partial charge is 0.415 e. The molecular weight excluding hydrogens is 695 g/mol. The number of ketones is 1. The molecule has 4 bridgehead atoms. The van der Waals surface area contributed by atoms with E-state index in [-0.39, 0.29) is 23.7 Å². The lowest BCUT2D eigenvalue weighted by Crippen LogP contribution is -2.58. The number of allylic oxidation sites excluding steroid dienone is 2. The summed E-state index contributed by atoms with van der Waals surface area (Å²) >= 11 is 0. The molecular formula is C50H59NO5. The second-order valence-electron chi connectivity index (χ2n) is 18.6. The Bertz CT molecular complexity index is 2120. The Hall–Kier alpha value is -4.26. The lowest BCUT2D eigenvalue weighted by atomic mass is 9.45. The van der Waals surface area contributed by atoms with Crippen molar-refractivity contribution in [3.8, 4) is 5.75 Å². The molecule has 0 saturated heterocycles. The van der Waals surface area contributed by atoms with Crippen LogP contribution in [0.15, 0.2) is 103 Å². The van der Waals surface area contributed by atoms with E-state index in [1.165, 1.54) is 18.4 Å². The molecule has 294 valence electrons. The van der Waals surface area contributed by atoms with Gasteiger partial charge in [-0.3, -0.25) is 4.79 Å². The molecule has 0 spiro atoms. The van der Waals surface area contributed by atoms with Gasteiger partial charge >= 0.3 is 6.09 Å². The topological polar surface area (TPSA) is 87.1 Å². The molecule has 4 aromatic carbocycles. The van der Waals surface area contributed by atoms with Crippen LogP contribution in [0.1, 0.15) is 118 Å². The molecule has 10 rings (SSSR count). The van der Waals surface area contributed by atoms with E-state index >= 15 is 0 Å². The van der Waals surface area contributed by atoms with Crippen molar-refractivity contribution in [2.24, 2.45) is 28.6 Å². The maximum absolute atomic E-state index is 14.6. The summed E-state index contributed by atoms with van der Waals surface area (Å²) in [6, 6.07) is 29.4. The SMILES string of the molecule is CC1=CCCC2(C)C(CCC2(O)CN(CC2CCC3CC2C3(C)C)C(=O)Oc2ccc3ccccc3c2)c2ccc(cc2C(=O)c2ccccc2)CC(O)CC1. The minimum Gasteiger partial charge on any atom is -0.410 e. The molecule has 7 atom stereocenters. The van der Waals surface area contributed by atoms with Crippen LogP contribution in [-0.4, -0.2) is 51.8 Å². The first-order valence-electron chi connectivity index (χ1n) is 21.1. The molecule has 7 unspecified atom stereocenters. The summed E-state index contributed by atoms with van der Waals surface area (Å²) in [7, 11) is 0. The Balaban J connectivity index is 1.17. The third-order valence-corrected chi connectivity index (χ3v) is 15.0. The number of hydrogen-bond donors (Lipinski definition) is 2. The van der Waals surface area contributed by atoms with Gasteiger partial charge in [-0.15, -0.1) is 0 Å². The monoisotopic (exact) mass is 753 g/mol. The zero-order valence-corrected chi connectivity index (χ0v) is 33.7. The average molecular weight is 754 g/mol. The Morgan fingerprint density at radius 3 is 2.39 bits per heavy atom. The number of ether oxygens (including phenoxy) is 1. The van der Waals surface area contributed by atoms with E-state index in [1.54, 1.807) is 0 Å². The molecule has 0 radical (unpaired) electrons. The first kappa shape index (κ1) is 38.6. The first-order chi connectivity index (χ1) is 26.8. The maximum atomic E-state index is 14.6. The van der Waals surface area contributed by atoms with Crippen molar-refractivity contribution in [1.82, 2.24) is 4.90 Å². The highest BCUT2D eigenvalue weighted by atomic mass is 16.6. The van der Waals surface area contributed by atoms with E-state index in [4.69, 9.17) is 4.74 Å². The van der Waals surface area contributed by atoms with Crippen molar-refractivity contribution in [2.75, 3.05) is 13.1 Å². The standard InChI is InChI=1S/C50H59NO5/c1-33-11-10-25-49(4)44(42-23-17-34(27-40(52)21-16-33)28-43(42)46(53)36-13-6-5-7-14-36)24-26-50(49,55)32-51(31-38-18-20-39-30-45(38)48(39,2)3)47(54)56-41-22-19-35-12-8-9-15-37(35)29-41/h5-9,11-15,17,19,22-23,28-29,38-40,44-45,52,55H,10,16,18,20-21,24-27,30-32H2,1-4H3. The molecule has 4 fully saturated rings. The summed E-state index contributed by atoms with van der Waals surface area (Å²) in [6.07, 6.45) is 9.30. The van der Waals surface area contributed by atoms with E-state index in [2.05, 4.69) is 52.0 Å². The molecule has 6 nitrogen and oxygen atoms in total. The number of carbonyl (C=O) groups is 2. The number of rotatable bonds is 7. The molecule has 6 aliphatic rings. The van der Waals surface area contributed by atoms with Crippen LogP contribution in [-0.2, 0) is 6.42 Å². The van der Waals surface area contributed by atoms with Gasteiger partial charge in [-0.05, 0) is 140 Å². The zero-order chi connectivity index (χ0) is 39.2. The number of benzene rings is 4. The highest BCUT2D eigenvalue weighted by molar-refractivity contribution is 6.10. The van der Waals surface area contributed by atoms with Gasteiger partial charge in [0.05, 0.1) is 18.2 Å². The fourth-order valence-electron chi connectivity index (χ4n) is 11.3. The number of amides is 1. The number of aliphatic hydroxyl groups is 2. The summed E-state index contributed by atoms with van der Waals surface area (Å²) in [5.41, 5.74) is 2.70. The summed E-state index contributed by atoms with van der Waals surface area (Å²) in [4.78, 5) is 30.8. The minimum absolute atomic E-state index is 0.0446. The highest BCUT2D eigenvalue weighted by Gasteiger charge is 2.59. The summed E-state index contributed by atoms with van der Waals surface area (Å²) in [6.45, 7) is 9.80. The number of fused-ring (bicyclic) bond motifs is 11. The molecule has 6 heteroatoms. The van der Waals surface area contributed by atoms with E-state index < -0.39 is 23.2 Å². The van der Waals surface area contributed by atoms with E-state index in [0.717, 1.165) is 47.1 Å². The van der Waals surface area contributed by atoms with Gasteiger partial charge in [0.25, 0.3) is 0 Å². The van der Waals surface area contributed by atoms with Crippen LogP contribution < -0.4 is 4.74 Å². The lowest BCUT2D eigenvalue weighted by Gasteiger charge is -2.60. The van der Waals surface area contributed by atoms with Crippen LogP contribution >= 0.6 is 0 Å². The second-order valence-corrected chi connectivity index (χ2v) is 18.6. The van der Waals surface area contributed by atoms with Gasteiger partial charge in [-0.2, -0.15) is 0 Å². The van der Waals surface area contributed by atoms with Gasteiger partial charge in [0.2, 0.25) is 0 Å². The smallest absolute Gasteiger partial charge is 0.410 e. The molecule has 4 saturated carbocycles. The maximum Gasteiger partial charge on any atom is 0.415 e. The Morgan fingerprint density at radius 2 is 1.62 bits per heavy atom. The van der Waals surface area contributed by atoms with Crippen molar-refractivity contribution < 1.29 is 24.5 Å². The molecule has 0 aliphatic heterocycles. The lowest BCUT2D eigenvalue weighted by molar-refractivity contribution is -0.119. The normalized spacial score (nSPS) is 29.8. The predicted octanol–water partition coefficient (Wildman–Crippen LogP) is 10.7. The van der Waals surface area contributed by atoms with Crippen LogP contribution in [0.5, 0.6) is 5.75 Å². The predicted molar refractivity (Wildman–Crippen MR) is 223 cm³/mol. The third-order valence-electron chi connectivity index (χ3n) is 15.0. The Morgan fingerprint density at radius 1 is 0.857 bits per heavy atom. The van der Waals surface area contributed by atoms with Gasteiger partial charge < -0.3 is 19.8 Å². The molecule has 4 aromatic rings. The number of hydrogen-bond acceptors (Lipinski definition) is 5. The Kier molecular flexibility index (Phi) is 10.5. The van der Waals surface area contributed by atoms with E-state index in [1.807, 2.05) is 77.7 Å². The first-order valence-corrected chi connectivity index (χ1v) is 21.1. The van der Waals surface area contributed by atoms with Crippen molar-refractivity contribution in [3.63, 3.8) is 0 Å². The van der Waals surface area contributed by atoms with Crippen LogP contribution in [0.3, 0.4) is 0 Å². The van der Waals surface area contributed by atoms with E-state index in [9.17, 15) is 19.8 Å². The van der Waals surface area contributed by atoms with Crippen LogP contribution in [0.25, 0.3) is 10.8 Å². The van der Waals surface area contributed by atoms with Gasteiger partial charge in [0, 0.05) is 23.1 Å². The summed E-state index contributed by atoms with van der Waals surface area (Å²) in [5.74, 6) is 1.93. The van der Waals surface area contributed by atoms with Crippen LogP contribution in [0, 0.1) is 28.6 Å². The number of nitrogens with zero attached hydrogens (tertiary/aromatic N) is 1. The molecule has 0 heterocycles. The van der Waals surface area contributed by atoms with Gasteiger partial charge in [-0.1, -0.05) is 105 Å². The van der Waals surface area contributed by atoms with Gasteiger partial charge in [-0.25, -0.2) is 4.79 Å². The zero-order valence-electron chi connectivity index (χ0n) is 33.7. The van der Waals surface area contributed by atoms with Crippen molar-refractivity contribution in [2.45, 2.75) is 110 Å². The second kappa shape index (κ2) is 15.2. The van der Waals surface area contributed by atoms with Gasteiger partial charge in [0.1, 0.15) is 5.75 Å². The molecule has 6 aliphatic carbocycles. The Labute approximate surface area is 333 Å². The molecule has 0 aromatic heterocycles. The summed E-state index contributed by atoms with van der Waals surface area (Å²) < 4.78 is 6.23. The average Bonchev–Trinajstić information content (AvgIpc) is 3.45. The quantitative estimate of drug-likeness (QED) is 0.145. The van der Waals surface area contributed by atoms with E-state index in [0.29, 0.717) is 67.4 Å². The number of aliphatic hydroxyl groups excluding tert-OH is 1. The molecule has 1 amide bonds. The van der Waals surface area contributed by atoms with Gasteiger partial charge in [0.15, 0.2) is 5.78 Å². The highest BCUT2D eigenvalue weighted by Crippen LogP contribution is 2.62. The van der Waals surface area contributed by atoms with Crippen molar-refractivity contribution >= 4 is 22.6 Å². The molecule has 2 N–H and O–H groups in total. The van der Waals surface area contributed by atoms with Crippen LogP contribution in [0.4, 0.5) is 4.79 Å². The molecule has 56 heavy (non-hydrogen) atoms. The number of carbonyl (C=O) groups excluding carboxylic acids is 2. The van der Waals surface area contributed by atoms with Crippen molar-refractivity contribution in [3.05, 3.63) is 125 Å².